The zero-order chi connectivity index (χ0) is 33.8. The van der Waals surface area contributed by atoms with E-state index in [9.17, 15) is 0 Å². The second kappa shape index (κ2) is 23.9. The summed E-state index contributed by atoms with van der Waals surface area (Å²) in [4.78, 5) is 8.38. The van der Waals surface area contributed by atoms with Crippen LogP contribution in [0.25, 0.3) is 31.7 Å². The van der Waals surface area contributed by atoms with E-state index in [1.807, 2.05) is 45.3 Å². The van der Waals surface area contributed by atoms with Gasteiger partial charge in [0.25, 0.3) is 0 Å². The number of aryl methyl sites for hydroxylation is 2. The van der Waals surface area contributed by atoms with Gasteiger partial charge in [-0.05, 0) is 117 Å². The van der Waals surface area contributed by atoms with E-state index in [2.05, 4.69) is 94.3 Å². The van der Waals surface area contributed by atoms with E-state index in [-0.39, 0.29) is 0 Å². The van der Waals surface area contributed by atoms with E-state index in [1.54, 1.807) is 0 Å². The van der Waals surface area contributed by atoms with Gasteiger partial charge in [-0.15, -0.1) is 45.3 Å². The zero-order valence-corrected chi connectivity index (χ0v) is 36.0. The maximum absolute atomic E-state index is 3.79. The van der Waals surface area contributed by atoms with Crippen LogP contribution in [0.3, 0.4) is 0 Å². The molecule has 0 aliphatic heterocycles. The number of halogens is 2. The standard InChI is InChI=1S/C42H58Br2S4/c1-3-5-7-9-11-13-15-17-19-21-23-33-31-39(43)47-41(33)37-29-27-35(45-37)25-26-36-28-30-38(46-36)42-34(32-40(44)48-42)24-22-20-18-16-14-12-10-8-6-4-2/h25-32H,3-24H2,1-2H3/b26-25+. The summed E-state index contributed by atoms with van der Waals surface area (Å²) in [5, 5.41) is 0. The Labute approximate surface area is 326 Å². The molecular weight excluding hydrogens is 793 g/mol. The zero-order valence-electron chi connectivity index (χ0n) is 29.6. The van der Waals surface area contributed by atoms with E-state index >= 15 is 0 Å². The lowest BCUT2D eigenvalue weighted by Gasteiger charge is -2.04. The average Bonchev–Trinajstić information content (AvgIpc) is 3.89. The van der Waals surface area contributed by atoms with Gasteiger partial charge in [-0.3, -0.25) is 0 Å². The molecule has 0 nitrogen and oxygen atoms in total. The maximum Gasteiger partial charge on any atom is 0.0708 e. The van der Waals surface area contributed by atoms with Crippen LogP contribution in [0.15, 0.2) is 44.0 Å². The summed E-state index contributed by atoms with van der Waals surface area (Å²) in [5.74, 6) is 0. The molecular formula is C42H58Br2S4. The summed E-state index contributed by atoms with van der Waals surface area (Å²) < 4.78 is 2.51. The number of unbranched alkanes of at least 4 members (excludes halogenated alkanes) is 18. The number of rotatable bonds is 26. The van der Waals surface area contributed by atoms with Gasteiger partial charge in [0.15, 0.2) is 0 Å². The lowest BCUT2D eigenvalue weighted by molar-refractivity contribution is 0.556. The van der Waals surface area contributed by atoms with Crippen LogP contribution in [0.4, 0.5) is 0 Å². The lowest BCUT2D eigenvalue weighted by Crippen LogP contribution is -1.86. The molecule has 0 bridgehead atoms. The third kappa shape index (κ3) is 14.6. The largest absolute Gasteiger partial charge is 0.135 e. The Kier molecular flexibility index (Phi) is 20.0. The van der Waals surface area contributed by atoms with Crippen LogP contribution in [0, 0.1) is 0 Å². The Morgan fingerprint density at radius 3 is 1.12 bits per heavy atom. The van der Waals surface area contributed by atoms with Gasteiger partial charge in [-0.25, -0.2) is 0 Å². The molecule has 0 atom stereocenters. The SMILES string of the molecule is CCCCCCCCCCCCc1cc(Br)sc1-c1ccc(/C=C/c2ccc(-c3sc(Br)cc3CCCCCCCCCCCC)s2)s1. The highest BCUT2D eigenvalue weighted by molar-refractivity contribution is 9.11. The molecule has 4 heterocycles. The normalized spacial score (nSPS) is 11.8. The first-order chi connectivity index (χ1) is 23.6. The summed E-state index contributed by atoms with van der Waals surface area (Å²) >= 11 is 15.2. The van der Waals surface area contributed by atoms with Gasteiger partial charge in [0.05, 0.1) is 7.57 Å². The molecule has 0 spiro atoms. The van der Waals surface area contributed by atoms with Crippen molar-refractivity contribution in [2.24, 2.45) is 0 Å². The Hall–Kier alpha value is -0.500. The van der Waals surface area contributed by atoms with Crippen LogP contribution >= 0.6 is 77.2 Å². The van der Waals surface area contributed by atoms with E-state index in [1.165, 1.54) is 189 Å². The fourth-order valence-corrected chi connectivity index (χ4v) is 12.0. The van der Waals surface area contributed by atoms with E-state index < -0.39 is 0 Å². The van der Waals surface area contributed by atoms with E-state index in [0.717, 1.165) is 0 Å². The van der Waals surface area contributed by atoms with Crippen LogP contribution < -0.4 is 0 Å². The average molecular weight is 851 g/mol. The predicted molar refractivity (Wildman–Crippen MR) is 231 cm³/mol. The third-order valence-corrected chi connectivity index (χ3v) is 15.1. The van der Waals surface area contributed by atoms with Gasteiger partial charge in [0.1, 0.15) is 0 Å². The highest BCUT2D eigenvalue weighted by Crippen LogP contribution is 2.42. The molecule has 48 heavy (non-hydrogen) atoms. The topological polar surface area (TPSA) is 0 Å². The molecule has 4 aromatic heterocycles. The molecule has 4 rings (SSSR count). The van der Waals surface area contributed by atoms with Gasteiger partial charge in [0.2, 0.25) is 0 Å². The minimum Gasteiger partial charge on any atom is -0.135 e. The Morgan fingerprint density at radius 2 is 0.771 bits per heavy atom. The predicted octanol–water partition coefficient (Wildman–Crippen LogP) is 17.9. The fourth-order valence-electron chi connectivity index (χ4n) is 6.48. The molecule has 0 radical (unpaired) electrons. The van der Waals surface area contributed by atoms with E-state index in [4.69, 9.17) is 0 Å². The maximum atomic E-state index is 3.79. The van der Waals surface area contributed by atoms with Crippen molar-refractivity contribution >= 4 is 89.4 Å². The van der Waals surface area contributed by atoms with Crippen molar-refractivity contribution in [3.05, 3.63) is 64.9 Å². The third-order valence-electron chi connectivity index (χ3n) is 9.27. The van der Waals surface area contributed by atoms with Crippen molar-refractivity contribution in [3.63, 3.8) is 0 Å². The molecule has 0 amide bonds. The molecule has 0 aromatic carbocycles. The molecule has 0 fully saturated rings. The van der Waals surface area contributed by atoms with Crippen molar-refractivity contribution in [2.45, 2.75) is 155 Å². The van der Waals surface area contributed by atoms with Crippen LogP contribution in [-0.2, 0) is 12.8 Å². The summed E-state index contributed by atoms with van der Waals surface area (Å²) in [6.45, 7) is 4.60. The molecule has 0 saturated heterocycles. The molecule has 6 heteroatoms. The van der Waals surface area contributed by atoms with Gasteiger partial charge >= 0.3 is 0 Å². The Bertz CT molecular complexity index is 1340. The molecule has 0 aliphatic rings. The van der Waals surface area contributed by atoms with Crippen molar-refractivity contribution < 1.29 is 0 Å². The lowest BCUT2D eigenvalue weighted by atomic mass is 10.0. The first-order valence-corrected chi connectivity index (χ1v) is 23.9. The minimum atomic E-state index is 1.19. The van der Waals surface area contributed by atoms with Crippen molar-refractivity contribution in [1.82, 2.24) is 0 Å². The van der Waals surface area contributed by atoms with Gasteiger partial charge in [-0.1, -0.05) is 129 Å². The quantitative estimate of drug-likeness (QED) is 0.0552. The Morgan fingerprint density at radius 1 is 0.438 bits per heavy atom. The van der Waals surface area contributed by atoms with Crippen LogP contribution in [0.2, 0.25) is 0 Å². The fraction of sp³-hybridized carbons (Fsp3) is 0.571. The number of thiophene rings is 4. The number of hydrogen-bond donors (Lipinski definition) is 0. The highest BCUT2D eigenvalue weighted by Gasteiger charge is 2.14. The summed E-state index contributed by atoms with van der Waals surface area (Å²) in [6.07, 6.45) is 34.8. The summed E-state index contributed by atoms with van der Waals surface area (Å²) in [7, 11) is 0. The molecule has 0 N–H and O–H groups in total. The number of hydrogen-bond acceptors (Lipinski definition) is 4. The van der Waals surface area contributed by atoms with Crippen molar-refractivity contribution in [2.75, 3.05) is 0 Å². The second-order valence-corrected chi connectivity index (χ2v) is 20.5. The monoisotopic (exact) mass is 848 g/mol. The molecule has 264 valence electrons. The first-order valence-electron chi connectivity index (χ1n) is 19.0. The summed E-state index contributed by atoms with van der Waals surface area (Å²) in [6, 6.07) is 14.0. The highest BCUT2D eigenvalue weighted by atomic mass is 79.9. The molecule has 0 saturated carbocycles. The van der Waals surface area contributed by atoms with Crippen molar-refractivity contribution in [1.29, 1.82) is 0 Å². The van der Waals surface area contributed by atoms with Gasteiger partial charge < -0.3 is 0 Å². The van der Waals surface area contributed by atoms with E-state index in [0.29, 0.717) is 0 Å². The molecule has 0 unspecified atom stereocenters. The Balaban J connectivity index is 1.22. The summed E-state index contributed by atoms with van der Waals surface area (Å²) in [5.41, 5.74) is 3.03. The van der Waals surface area contributed by atoms with Crippen LogP contribution in [0.5, 0.6) is 0 Å². The smallest absolute Gasteiger partial charge is 0.0708 e. The van der Waals surface area contributed by atoms with Crippen LogP contribution in [-0.4, -0.2) is 0 Å². The molecule has 0 aliphatic carbocycles. The van der Waals surface area contributed by atoms with Crippen LogP contribution in [0.1, 0.15) is 163 Å². The molecule has 4 aromatic rings. The van der Waals surface area contributed by atoms with Gasteiger partial charge in [0, 0.05) is 29.3 Å². The van der Waals surface area contributed by atoms with Gasteiger partial charge in [-0.2, -0.15) is 0 Å². The minimum absolute atomic E-state index is 1.19. The first kappa shape index (κ1) is 40.3. The second-order valence-electron chi connectivity index (χ2n) is 13.4. The van der Waals surface area contributed by atoms with Crippen molar-refractivity contribution in [3.8, 4) is 19.5 Å².